The normalized spacial score (nSPS) is 11.0. The molecule has 108 valence electrons. The smallest absolute Gasteiger partial charge is 0.355 e. The second kappa shape index (κ2) is 6.13. The highest BCUT2D eigenvalue weighted by Crippen LogP contribution is 2.20. The zero-order valence-corrected chi connectivity index (χ0v) is 12.9. The Morgan fingerprint density at radius 2 is 2.10 bits per heavy atom. The molecular formula is C15H20N2O2S. The van der Waals surface area contributed by atoms with E-state index in [0.717, 1.165) is 11.3 Å². The third kappa shape index (κ3) is 3.22. The lowest BCUT2D eigenvalue weighted by molar-refractivity contribution is 0.0462. The summed E-state index contributed by atoms with van der Waals surface area (Å²) in [5, 5.41) is 0. The number of anilines is 1. The first-order valence-corrected chi connectivity index (χ1v) is 7.55. The van der Waals surface area contributed by atoms with Gasteiger partial charge < -0.3 is 15.0 Å². The standard InChI is InChI=1S/C15H20N2O2S/c1-4-12-5-6-13(20-12)9-19-15(18)14-7-11(16)8-17(14)10(2)3/h5-8,10H,4,9,16H2,1-3H3. The molecule has 2 N–H and O–H groups in total. The van der Waals surface area contributed by atoms with Crippen LogP contribution in [0, 0.1) is 0 Å². The zero-order chi connectivity index (χ0) is 14.7. The molecule has 0 aliphatic rings. The van der Waals surface area contributed by atoms with E-state index in [9.17, 15) is 4.79 Å². The van der Waals surface area contributed by atoms with Crippen LogP contribution in [0.4, 0.5) is 5.69 Å². The number of nitrogens with zero attached hydrogens (tertiary/aromatic N) is 1. The number of aryl methyl sites for hydroxylation is 1. The predicted molar refractivity (Wildman–Crippen MR) is 82.0 cm³/mol. The molecule has 0 fully saturated rings. The minimum atomic E-state index is -0.332. The highest BCUT2D eigenvalue weighted by molar-refractivity contribution is 7.11. The molecule has 0 radical (unpaired) electrons. The van der Waals surface area contributed by atoms with E-state index in [0.29, 0.717) is 18.0 Å². The third-order valence-corrected chi connectivity index (χ3v) is 4.25. The maximum absolute atomic E-state index is 12.1. The number of aromatic nitrogens is 1. The molecule has 20 heavy (non-hydrogen) atoms. The number of nitrogens with two attached hydrogens (primary N) is 1. The van der Waals surface area contributed by atoms with Crippen molar-refractivity contribution in [3.05, 3.63) is 39.8 Å². The SMILES string of the molecule is CCc1ccc(COC(=O)c2cc(N)cn2C(C)C)s1. The minimum absolute atomic E-state index is 0.170. The van der Waals surface area contributed by atoms with Crippen LogP contribution in [0.3, 0.4) is 0 Å². The Hall–Kier alpha value is -1.75. The Labute approximate surface area is 123 Å². The van der Waals surface area contributed by atoms with Gasteiger partial charge in [0.05, 0.1) is 5.69 Å². The number of esters is 1. The average molecular weight is 292 g/mol. The van der Waals surface area contributed by atoms with E-state index in [1.807, 2.05) is 24.5 Å². The van der Waals surface area contributed by atoms with Crippen molar-refractivity contribution in [3.8, 4) is 0 Å². The van der Waals surface area contributed by atoms with E-state index in [1.54, 1.807) is 23.6 Å². The number of hydrogen-bond donors (Lipinski definition) is 1. The van der Waals surface area contributed by atoms with Crippen molar-refractivity contribution in [2.45, 2.75) is 39.8 Å². The van der Waals surface area contributed by atoms with Gasteiger partial charge in [-0.15, -0.1) is 11.3 Å². The average Bonchev–Trinajstić information content (AvgIpc) is 3.02. The van der Waals surface area contributed by atoms with Crippen LogP contribution in [0.2, 0.25) is 0 Å². The first kappa shape index (κ1) is 14.7. The molecular weight excluding hydrogens is 272 g/mol. The number of hydrogen-bond acceptors (Lipinski definition) is 4. The minimum Gasteiger partial charge on any atom is -0.455 e. The van der Waals surface area contributed by atoms with Crippen LogP contribution in [0.15, 0.2) is 24.4 Å². The number of nitrogen functional groups attached to an aromatic ring is 1. The Morgan fingerprint density at radius 3 is 2.70 bits per heavy atom. The molecule has 0 aliphatic heterocycles. The van der Waals surface area contributed by atoms with E-state index in [1.165, 1.54) is 4.88 Å². The fourth-order valence-electron chi connectivity index (χ4n) is 1.99. The number of ether oxygens (including phenoxy) is 1. The van der Waals surface area contributed by atoms with Crippen LogP contribution in [-0.4, -0.2) is 10.5 Å². The van der Waals surface area contributed by atoms with Crippen molar-refractivity contribution in [3.63, 3.8) is 0 Å². The largest absolute Gasteiger partial charge is 0.455 e. The van der Waals surface area contributed by atoms with Gasteiger partial charge in [-0.2, -0.15) is 0 Å². The van der Waals surface area contributed by atoms with Gasteiger partial charge in [-0.1, -0.05) is 6.92 Å². The number of rotatable bonds is 5. The van der Waals surface area contributed by atoms with Crippen molar-refractivity contribution in [1.82, 2.24) is 4.57 Å². The van der Waals surface area contributed by atoms with Crippen LogP contribution >= 0.6 is 11.3 Å². The van der Waals surface area contributed by atoms with E-state index < -0.39 is 0 Å². The van der Waals surface area contributed by atoms with E-state index in [2.05, 4.69) is 13.0 Å². The van der Waals surface area contributed by atoms with Crippen LogP contribution < -0.4 is 5.73 Å². The van der Waals surface area contributed by atoms with Gasteiger partial charge in [0.1, 0.15) is 12.3 Å². The Balaban J connectivity index is 2.05. The molecule has 0 spiro atoms. The molecule has 0 saturated heterocycles. The van der Waals surface area contributed by atoms with Crippen molar-refractivity contribution in [2.24, 2.45) is 0 Å². The molecule has 2 aromatic heterocycles. The summed E-state index contributed by atoms with van der Waals surface area (Å²) < 4.78 is 7.21. The van der Waals surface area contributed by atoms with E-state index >= 15 is 0 Å². The maximum atomic E-state index is 12.1. The first-order chi connectivity index (χ1) is 9.51. The lowest BCUT2D eigenvalue weighted by Crippen LogP contribution is -2.12. The highest BCUT2D eigenvalue weighted by Gasteiger charge is 2.16. The van der Waals surface area contributed by atoms with Gasteiger partial charge in [0.25, 0.3) is 0 Å². The van der Waals surface area contributed by atoms with Gasteiger partial charge in [-0.25, -0.2) is 4.79 Å². The summed E-state index contributed by atoms with van der Waals surface area (Å²) in [6.45, 7) is 6.43. The van der Waals surface area contributed by atoms with Crippen molar-refractivity contribution < 1.29 is 9.53 Å². The highest BCUT2D eigenvalue weighted by atomic mass is 32.1. The molecule has 2 rings (SSSR count). The van der Waals surface area contributed by atoms with Crippen molar-refractivity contribution >= 4 is 23.0 Å². The second-order valence-corrected chi connectivity index (χ2v) is 6.21. The van der Waals surface area contributed by atoms with Crippen molar-refractivity contribution in [1.29, 1.82) is 0 Å². The monoisotopic (exact) mass is 292 g/mol. The third-order valence-electron chi connectivity index (χ3n) is 3.05. The summed E-state index contributed by atoms with van der Waals surface area (Å²) in [5.74, 6) is -0.332. The molecule has 0 aliphatic carbocycles. The van der Waals surface area contributed by atoms with Gasteiger partial charge in [-0.3, -0.25) is 0 Å². The van der Waals surface area contributed by atoms with Gasteiger partial charge in [0.2, 0.25) is 0 Å². The van der Waals surface area contributed by atoms with E-state index in [4.69, 9.17) is 10.5 Å². The molecule has 2 aromatic rings. The summed E-state index contributed by atoms with van der Waals surface area (Å²) in [5.41, 5.74) is 6.84. The number of carbonyl (C=O) groups is 1. The van der Waals surface area contributed by atoms with Gasteiger partial charge in [0.15, 0.2) is 0 Å². The summed E-state index contributed by atoms with van der Waals surface area (Å²) >= 11 is 1.68. The molecule has 0 amide bonds. The maximum Gasteiger partial charge on any atom is 0.355 e. The number of thiophene rings is 1. The predicted octanol–water partition coefficient (Wildman–Crippen LogP) is 3.63. The topological polar surface area (TPSA) is 57.2 Å². The van der Waals surface area contributed by atoms with E-state index in [-0.39, 0.29) is 12.0 Å². The van der Waals surface area contributed by atoms with Crippen LogP contribution in [0.25, 0.3) is 0 Å². The Morgan fingerprint density at radius 1 is 1.40 bits per heavy atom. The summed E-state index contributed by atoms with van der Waals surface area (Å²) in [7, 11) is 0. The molecule has 0 unspecified atom stereocenters. The van der Waals surface area contributed by atoms with Crippen LogP contribution in [-0.2, 0) is 17.8 Å². The Kier molecular flexibility index (Phi) is 4.49. The fraction of sp³-hybridized carbons (Fsp3) is 0.400. The Bertz CT molecular complexity index is 599. The van der Waals surface area contributed by atoms with Crippen LogP contribution in [0.1, 0.15) is 47.1 Å². The van der Waals surface area contributed by atoms with Crippen molar-refractivity contribution in [2.75, 3.05) is 5.73 Å². The molecule has 0 aromatic carbocycles. The van der Waals surface area contributed by atoms with Gasteiger partial charge in [-0.05, 0) is 38.5 Å². The second-order valence-electron chi connectivity index (χ2n) is 4.96. The first-order valence-electron chi connectivity index (χ1n) is 6.73. The molecule has 0 bridgehead atoms. The van der Waals surface area contributed by atoms with Gasteiger partial charge in [0, 0.05) is 22.0 Å². The van der Waals surface area contributed by atoms with Gasteiger partial charge >= 0.3 is 5.97 Å². The quantitative estimate of drug-likeness (QED) is 0.856. The lowest BCUT2D eigenvalue weighted by Gasteiger charge is -2.11. The van der Waals surface area contributed by atoms with Crippen LogP contribution in [0.5, 0.6) is 0 Å². The molecule has 0 saturated carbocycles. The molecule has 0 atom stereocenters. The molecule has 2 heterocycles. The lowest BCUT2D eigenvalue weighted by atomic mass is 10.3. The molecule has 5 heteroatoms. The molecule has 4 nitrogen and oxygen atoms in total. The fourth-order valence-corrected chi connectivity index (χ4v) is 2.86. The summed E-state index contributed by atoms with van der Waals surface area (Å²) in [6.07, 6.45) is 2.77. The summed E-state index contributed by atoms with van der Waals surface area (Å²) in [4.78, 5) is 14.5. The number of carbonyl (C=O) groups excluding carboxylic acids is 1. The zero-order valence-electron chi connectivity index (χ0n) is 12.1. The summed E-state index contributed by atoms with van der Waals surface area (Å²) in [6, 6.07) is 5.91.